The maximum atomic E-state index is 4.39. The van der Waals surface area contributed by atoms with Gasteiger partial charge in [0.15, 0.2) is 0 Å². The third-order valence-electron chi connectivity index (χ3n) is 3.83. The summed E-state index contributed by atoms with van der Waals surface area (Å²) in [7, 11) is 0. The van der Waals surface area contributed by atoms with Crippen molar-refractivity contribution in [2.75, 3.05) is 0 Å². The van der Waals surface area contributed by atoms with Crippen LogP contribution < -0.4 is 0 Å². The maximum absolute atomic E-state index is 4.39. The summed E-state index contributed by atoms with van der Waals surface area (Å²) >= 11 is 0. The molecule has 19 heavy (non-hydrogen) atoms. The molecule has 0 atom stereocenters. The van der Waals surface area contributed by atoms with Gasteiger partial charge in [0.2, 0.25) is 0 Å². The van der Waals surface area contributed by atoms with E-state index in [1.807, 2.05) is 6.20 Å². The summed E-state index contributed by atoms with van der Waals surface area (Å²) < 4.78 is 0. The molecule has 1 heteroatoms. The quantitative estimate of drug-likeness (QED) is 0.318. The van der Waals surface area contributed by atoms with Crippen molar-refractivity contribution in [2.45, 2.75) is 6.92 Å². The number of hydrogen-bond donors (Lipinski definition) is 0. The summed E-state index contributed by atoms with van der Waals surface area (Å²) in [6.07, 6.45) is 1.88. The Balaban J connectivity index is 2.27. The average molecular weight is 243 g/mol. The number of aromatic nitrogens is 1. The monoisotopic (exact) mass is 243 g/mol. The molecular formula is C18H13N. The van der Waals surface area contributed by atoms with Crippen LogP contribution in [0.3, 0.4) is 0 Å². The SMILES string of the molecule is Cc1nccc2cc3ccc4ccccc4c3cc12. The summed E-state index contributed by atoms with van der Waals surface area (Å²) in [6.45, 7) is 2.07. The molecule has 1 aromatic heterocycles. The molecular weight excluding hydrogens is 230 g/mol. The van der Waals surface area contributed by atoms with E-state index in [-0.39, 0.29) is 0 Å². The molecule has 3 aromatic carbocycles. The smallest absolute Gasteiger partial charge is 0.0451 e. The van der Waals surface area contributed by atoms with Crippen LogP contribution in [0.4, 0.5) is 0 Å². The van der Waals surface area contributed by atoms with Crippen LogP contribution in [-0.4, -0.2) is 4.98 Å². The molecule has 0 unspecified atom stereocenters. The Labute approximate surface area is 111 Å². The standard InChI is InChI=1S/C18H13N/c1-12-17-11-18-14(10-15(17)8-9-19-12)7-6-13-4-2-3-5-16(13)18/h2-11H,1H3. The zero-order chi connectivity index (χ0) is 12.8. The molecule has 0 saturated carbocycles. The molecule has 0 spiro atoms. The van der Waals surface area contributed by atoms with Crippen molar-refractivity contribution in [1.82, 2.24) is 4.98 Å². The molecule has 90 valence electrons. The van der Waals surface area contributed by atoms with Crippen LogP contribution in [0.1, 0.15) is 5.69 Å². The van der Waals surface area contributed by atoms with Crippen LogP contribution in [-0.2, 0) is 0 Å². The average Bonchev–Trinajstić information content (AvgIpc) is 2.46. The first-order valence-corrected chi connectivity index (χ1v) is 6.50. The van der Waals surface area contributed by atoms with Gasteiger partial charge in [0.05, 0.1) is 0 Å². The maximum Gasteiger partial charge on any atom is 0.0451 e. The molecule has 1 heterocycles. The number of hydrogen-bond acceptors (Lipinski definition) is 1. The van der Waals surface area contributed by atoms with Crippen LogP contribution in [0.2, 0.25) is 0 Å². The molecule has 0 amide bonds. The van der Waals surface area contributed by atoms with Gasteiger partial charge in [-0.25, -0.2) is 0 Å². The van der Waals surface area contributed by atoms with Gasteiger partial charge in [-0.3, -0.25) is 4.98 Å². The first-order valence-electron chi connectivity index (χ1n) is 6.50. The molecule has 0 aliphatic heterocycles. The zero-order valence-corrected chi connectivity index (χ0v) is 10.7. The van der Waals surface area contributed by atoms with Gasteiger partial charge in [-0.05, 0) is 52.1 Å². The van der Waals surface area contributed by atoms with Crippen LogP contribution in [0.25, 0.3) is 32.3 Å². The number of rotatable bonds is 0. The van der Waals surface area contributed by atoms with Crippen molar-refractivity contribution in [3.63, 3.8) is 0 Å². The van der Waals surface area contributed by atoms with Crippen LogP contribution in [0.15, 0.2) is 60.8 Å². The van der Waals surface area contributed by atoms with Gasteiger partial charge in [-0.15, -0.1) is 0 Å². The Morgan fingerprint density at radius 1 is 0.684 bits per heavy atom. The Kier molecular flexibility index (Phi) is 2.10. The minimum Gasteiger partial charge on any atom is -0.261 e. The second kappa shape index (κ2) is 3.79. The second-order valence-corrected chi connectivity index (χ2v) is 4.98. The first-order chi connectivity index (χ1) is 9.33. The fourth-order valence-electron chi connectivity index (χ4n) is 2.82. The lowest BCUT2D eigenvalue weighted by Gasteiger charge is -2.07. The van der Waals surface area contributed by atoms with Gasteiger partial charge in [-0.1, -0.05) is 36.4 Å². The summed E-state index contributed by atoms with van der Waals surface area (Å²) in [4.78, 5) is 4.39. The fourth-order valence-corrected chi connectivity index (χ4v) is 2.82. The van der Waals surface area contributed by atoms with Crippen LogP contribution in [0.5, 0.6) is 0 Å². The third-order valence-corrected chi connectivity index (χ3v) is 3.83. The van der Waals surface area contributed by atoms with E-state index >= 15 is 0 Å². The lowest BCUT2D eigenvalue weighted by molar-refractivity contribution is 1.24. The molecule has 0 N–H and O–H groups in total. The Hall–Kier alpha value is -2.41. The predicted molar refractivity (Wildman–Crippen MR) is 81.5 cm³/mol. The Bertz CT molecular complexity index is 922. The van der Waals surface area contributed by atoms with Gasteiger partial charge in [0.25, 0.3) is 0 Å². The topological polar surface area (TPSA) is 12.9 Å². The van der Waals surface area contributed by atoms with Crippen molar-refractivity contribution in [3.05, 3.63) is 66.5 Å². The van der Waals surface area contributed by atoms with Crippen molar-refractivity contribution in [2.24, 2.45) is 0 Å². The van der Waals surface area contributed by atoms with Gasteiger partial charge < -0.3 is 0 Å². The zero-order valence-electron chi connectivity index (χ0n) is 10.7. The number of nitrogens with zero attached hydrogens (tertiary/aromatic N) is 1. The number of pyridine rings is 1. The summed E-state index contributed by atoms with van der Waals surface area (Å²) in [5.74, 6) is 0. The normalized spacial score (nSPS) is 11.4. The summed E-state index contributed by atoms with van der Waals surface area (Å²) in [5.41, 5.74) is 1.09. The number of fused-ring (bicyclic) bond motifs is 4. The highest BCUT2D eigenvalue weighted by Crippen LogP contribution is 2.29. The molecule has 0 aliphatic carbocycles. The van der Waals surface area contributed by atoms with Crippen molar-refractivity contribution in [1.29, 1.82) is 0 Å². The van der Waals surface area contributed by atoms with E-state index in [0.29, 0.717) is 0 Å². The molecule has 0 aliphatic rings. The largest absolute Gasteiger partial charge is 0.261 e. The lowest BCUT2D eigenvalue weighted by Crippen LogP contribution is -1.84. The van der Waals surface area contributed by atoms with Gasteiger partial charge in [0.1, 0.15) is 0 Å². The van der Waals surface area contributed by atoms with E-state index < -0.39 is 0 Å². The van der Waals surface area contributed by atoms with E-state index in [2.05, 4.69) is 66.5 Å². The molecule has 4 aromatic rings. The van der Waals surface area contributed by atoms with E-state index in [4.69, 9.17) is 0 Å². The first kappa shape index (κ1) is 10.5. The molecule has 0 fully saturated rings. The van der Waals surface area contributed by atoms with Gasteiger partial charge >= 0.3 is 0 Å². The highest BCUT2D eigenvalue weighted by Gasteiger charge is 2.04. The molecule has 0 bridgehead atoms. The van der Waals surface area contributed by atoms with E-state index in [1.54, 1.807) is 0 Å². The minimum atomic E-state index is 1.09. The minimum absolute atomic E-state index is 1.09. The van der Waals surface area contributed by atoms with Gasteiger partial charge in [-0.2, -0.15) is 0 Å². The highest BCUT2D eigenvalue weighted by molar-refractivity contribution is 6.12. The van der Waals surface area contributed by atoms with Crippen molar-refractivity contribution < 1.29 is 0 Å². The second-order valence-electron chi connectivity index (χ2n) is 4.98. The Morgan fingerprint density at radius 2 is 1.47 bits per heavy atom. The molecule has 0 radical (unpaired) electrons. The fraction of sp³-hybridized carbons (Fsp3) is 0.0556. The summed E-state index contributed by atoms with van der Waals surface area (Å²) in [5, 5.41) is 7.70. The van der Waals surface area contributed by atoms with E-state index in [9.17, 15) is 0 Å². The van der Waals surface area contributed by atoms with Crippen LogP contribution in [0, 0.1) is 6.92 Å². The van der Waals surface area contributed by atoms with Crippen LogP contribution >= 0.6 is 0 Å². The lowest BCUT2D eigenvalue weighted by atomic mass is 9.98. The Morgan fingerprint density at radius 3 is 2.42 bits per heavy atom. The van der Waals surface area contributed by atoms with Crippen molar-refractivity contribution in [3.8, 4) is 0 Å². The number of benzene rings is 3. The number of aryl methyl sites for hydroxylation is 1. The highest BCUT2D eigenvalue weighted by atomic mass is 14.7. The van der Waals surface area contributed by atoms with Gasteiger partial charge in [0, 0.05) is 17.3 Å². The van der Waals surface area contributed by atoms with E-state index in [1.165, 1.54) is 32.3 Å². The third kappa shape index (κ3) is 1.52. The molecule has 1 nitrogen and oxygen atoms in total. The summed E-state index contributed by atoms with van der Waals surface area (Å²) in [6, 6.07) is 19.5. The van der Waals surface area contributed by atoms with E-state index in [0.717, 1.165) is 5.69 Å². The van der Waals surface area contributed by atoms with Crippen molar-refractivity contribution >= 4 is 32.3 Å². The molecule has 4 rings (SSSR count). The predicted octanol–water partition coefficient (Wildman–Crippen LogP) is 4.85. The molecule has 0 saturated heterocycles.